The number of anilines is 1. The van der Waals surface area contributed by atoms with Gasteiger partial charge in [0.2, 0.25) is 6.39 Å². The number of thiocarbonyl (C=S) groups is 1. The summed E-state index contributed by atoms with van der Waals surface area (Å²) >= 11 is 11.0. The fourth-order valence-electron chi connectivity index (χ4n) is 1.53. The predicted octanol–water partition coefficient (Wildman–Crippen LogP) is 2.01. The van der Waals surface area contributed by atoms with E-state index in [0.29, 0.717) is 29.4 Å². The van der Waals surface area contributed by atoms with Crippen LogP contribution in [0.3, 0.4) is 0 Å². The number of hydrogen-bond acceptors (Lipinski definition) is 5. The maximum Gasteiger partial charge on any atom is 0.213 e. The molecule has 0 radical (unpaired) electrons. The van der Waals surface area contributed by atoms with Gasteiger partial charge < -0.3 is 15.6 Å². The van der Waals surface area contributed by atoms with Crippen LogP contribution in [0.5, 0.6) is 0 Å². The second kappa shape index (κ2) is 5.79. The molecule has 94 valence electrons. The van der Waals surface area contributed by atoms with E-state index in [9.17, 15) is 0 Å². The second-order valence-electron chi connectivity index (χ2n) is 3.55. The number of rotatable bonds is 5. The molecule has 18 heavy (non-hydrogen) atoms. The van der Waals surface area contributed by atoms with Gasteiger partial charge in [0.25, 0.3) is 0 Å². The van der Waals surface area contributed by atoms with E-state index in [1.807, 2.05) is 12.1 Å². The monoisotopic (exact) mass is 282 g/mol. The molecule has 0 fully saturated rings. The van der Waals surface area contributed by atoms with E-state index in [4.69, 9.17) is 29.6 Å². The normalized spacial score (nSPS) is 10.3. The van der Waals surface area contributed by atoms with Crippen LogP contribution in [0, 0.1) is 0 Å². The predicted molar refractivity (Wildman–Crippen MR) is 73.8 cm³/mol. The summed E-state index contributed by atoms with van der Waals surface area (Å²) in [6.07, 6.45) is 1.94. The Hall–Kier alpha value is -1.66. The molecule has 2 rings (SSSR count). The van der Waals surface area contributed by atoms with E-state index in [2.05, 4.69) is 20.0 Å². The van der Waals surface area contributed by atoms with E-state index < -0.39 is 0 Å². The lowest BCUT2D eigenvalue weighted by Crippen LogP contribution is -2.15. The van der Waals surface area contributed by atoms with Crippen LogP contribution in [-0.2, 0) is 6.42 Å². The summed E-state index contributed by atoms with van der Waals surface area (Å²) in [7, 11) is 0. The standard InChI is InChI=1S/C11H11ClN4OS/c12-7-2-1-3-8(10(7)11(13)18)14-5-4-9-15-6-17-16-9/h1-3,6,14H,4-5H2,(H2,13,18). The zero-order valence-corrected chi connectivity index (χ0v) is 11.0. The maximum atomic E-state index is 6.06. The first kappa shape index (κ1) is 12.8. The molecule has 0 bridgehead atoms. The number of halogens is 1. The van der Waals surface area contributed by atoms with Gasteiger partial charge in [0, 0.05) is 18.7 Å². The van der Waals surface area contributed by atoms with Gasteiger partial charge in [0.15, 0.2) is 5.82 Å². The van der Waals surface area contributed by atoms with Gasteiger partial charge in [-0.25, -0.2) is 0 Å². The zero-order valence-electron chi connectivity index (χ0n) is 9.39. The Morgan fingerprint density at radius 1 is 1.50 bits per heavy atom. The first-order valence-electron chi connectivity index (χ1n) is 5.26. The Balaban J connectivity index is 2.05. The fraction of sp³-hybridized carbons (Fsp3) is 0.182. The van der Waals surface area contributed by atoms with Crippen molar-refractivity contribution in [2.45, 2.75) is 6.42 Å². The SMILES string of the molecule is NC(=S)c1c(Cl)cccc1NCCc1ncon1. The molecule has 0 atom stereocenters. The molecule has 2 aromatic rings. The minimum absolute atomic E-state index is 0.266. The second-order valence-corrected chi connectivity index (χ2v) is 4.40. The number of benzene rings is 1. The first-order chi connectivity index (χ1) is 8.68. The van der Waals surface area contributed by atoms with Crippen LogP contribution in [0.2, 0.25) is 5.02 Å². The lowest BCUT2D eigenvalue weighted by atomic mass is 10.1. The molecule has 0 saturated heterocycles. The molecule has 1 aromatic carbocycles. The molecule has 3 N–H and O–H groups in total. The molecule has 0 spiro atoms. The van der Waals surface area contributed by atoms with E-state index in [-0.39, 0.29) is 4.99 Å². The van der Waals surface area contributed by atoms with Crippen LogP contribution >= 0.6 is 23.8 Å². The van der Waals surface area contributed by atoms with Crippen molar-refractivity contribution in [1.82, 2.24) is 10.1 Å². The molecule has 0 amide bonds. The Morgan fingerprint density at radius 2 is 2.33 bits per heavy atom. The van der Waals surface area contributed by atoms with Gasteiger partial charge in [-0.1, -0.05) is 35.0 Å². The van der Waals surface area contributed by atoms with E-state index in [1.165, 1.54) is 6.39 Å². The molecule has 0 aliphatic heterocycles. The van der Waals surface area contributed by atoms with Crippen LogP contribution in [0.1, 0.15) is 11.4 Å². The molecule has 0 unspecified atom stereocenters. The van der Waals surface area contributed by atoms with Crippen molar-refractivity contribution in [2.75, 3.05) is 11.9 Å². The summed E-state index contributed by atoms with van der Waals surface area (Å²) in [5.74, 6) is 0.640. The Labute approximate surface area is 114 Å². The van der Waals surface area contributed by atoms with Crippen LogP contribution in [-0.4, -0.2) is 21.7 Å². The molecule has 0 saturated carbocycles. The minimum Gasteiger partial charge on any atom is -0.389 e. The third-order valence-electron chi connectivity index (χ3n) is 2.33. The third-order valence-corrected chi connectivity index (χ3v) is 2.85. The number of nitrogens with one attached hydrogen (secondary N) is 1. The molecule has 0 aliphatic carbocycles. The lowest BCUT2D eigenvalue weighted by molar-refractivity contribution is 0.410. The molecular formula is C11H11ClN4OS. The van der Waals surface area contributed by atoms with Gasteiger partial charge in [0.1, 0.15) is 4.99 Å². The van der Waals surface area contributed by atoms with Gasteiger partial charge in [-0.3, -0.25) is 0 Å². The molecule has 1 aromatic heterocycles. The number of aromatic nitrogens is 2. The van der Waals surface area contributed by atoms with Crippen molar-refractivity contribution in [3.8, 4) is 0 Å². The molecule has 1 heterocycles. The minimum atomic E-state index is 0.266. The molecule has 7 heteroatoms. The highest BCUT2D eigenvalue weighted by Gasteiger charge is 2.09. The van der Waals surface area contributed by atoms with Crippen molar-refractivity contribution in [3.05, 3.63) is 41.0 Å². The summed E-state index contributed by atoms with van der Waals surface area (Å²) in [6.45, 7) is 0.634. The van der Waals surface area contributed by atoms with Crippen molar-refractivity contribution < 1.29 is 4.52 Å². The van der Waals surface area contributed by atoms with Crippen molar-refractivity contribution >= 4 is 34.5 Å². The summed E-state index contributed by atoms with van der Waals surface area (Å²) in [4.78, 5) is 4.19. The highest BCUT2D eigenvalue weighted by Crippen LogP contribution is 2.24. The topological polar surface area (TPSA) is 77.0 Å². The van der Waals surface area contributed by atoms with Gasteiger partial charge in [-0.05, 0) is 12.1 Å². The molecule has 5 nitrogen and oxygen atoms in total. The Kier molecular flexibility index (Phi) is 4.11. The van der Waals surface area contributed by atoms with Crippen LogP contribution in [0.15, 0.2) is 29.1 Å². The van der Waals surface area contributed by atoms with Crippen LogP contribution < -0.4 is 11.1 Å². The number of nitrogens with two attached hydrogens (primary N) is 1. The number of hydrogen-bond donors (Lipinski definition) is 2. The summed E-state index contributed by atoms with van der Waals surface area (Å²) in [5, 5.41) is 7.45. The third kappa shape index (κ3) is 2.96. The van der Waals surface area contributed by atoms with E-state index in [0.717, 1.165) is 5.69 Å². The molecular weight excluding hydrogens is 272 g/mol. The van der Waals surface area contributed by atoms with Crippen LogP contribution in [0.25, 0.3) is 0 Å². The van der Waals surface area contributed by atoms with Crippen molar-refractivity contribution in [3.63, 3.8) is 0 Å². The lowest BCUT2D eigenvalue weighted by Gasteiger charge is -2.11. The quantitative estimate of drug-likeness (QED) is 0.817. The fourth-order valence-corrected chi connectivity index (χ4v) is 2.09. The van der Waals surface area contributed by atoms with E-state index in [1.54, 1.807) is 6.07 Å². The van der Waals surface area contributed by atoms with Gasteiger partial charge in [0.05, 0.1) is 10.6 Å². The largest absolute Gasteiger partial charge is 0.389 e. The number of nitrogens with zero attached hydrogens (tertiary/aromatic N) is 2. The average Bonchev–Trinajstić information content (AvgIpc) is 2.81. The smallest absolute Gasteiger partial charge is 0.213 e. The summed E-state index contributed by atoms with van der Waals surface area (Å²) in [5.41, 5.74) is 7.11. The Morgan fingerprint density at radius 3 is 3.00 bits per heavy atom. The highest BCUT2D eigenvalue weighted by atomic mass is 35.5. The van der Waals surface area contributed by atoms with Crippen LogP contribution in [0.4, 0.5) is 5.69 Å². The highest BCUT2D eigenvalue weighted by molar-refractivity contribution is 7.80. The van der Waals surface area contributed by atoms with Gasteiger partial charge in [-0.15, -0.1) is 0 Å². The zero-order chi connectivity index (χ0) is 13.0. The Bertz CT molecular complexity index is 544. The van der Waals surface area contributed by atoms with Crippen molar-refractivity contribution in [2.24, 2.45) is 5.73 Å². The van der Waals surface area contributed by atoms with Gasteiger partial charge in [-0.2, -0.15) is 4.98 Å². The summed E-state index contributed by atoms with van der Waals surface area (Å²) in [6, 6.07) is 5.46. The van der Waals surface area contributed by atoms with Crippen molar-refractivity contribution in [1.29, 1.82) is 0 Å². The maximum absolute atomic E-state index is 6.06. The van der Waals surface area contributed by atoms with E-state index >= 15 is 0 Å². The average molecular weight is 283 g/mol. The first-order valence-corrected chi connectivity index (χ1v) is 6.04. The molecule has 0 aliphatic rings. The van der Waals surface area contributed by atoms with Gasteiger partial charge >= 0.3 is 0 Å². The summed E-state index contributed by atoms with van der Waals surface area (Å²) < 4.78 is 4.65.